The van der Waals surface area contributed by atoms with Crippen LogP contribution < -0.4 is 5.43 Å². The van der Waals surface area contributed by atoms with Crippen molar-refractivity contribution < 1.29 is 4.79 Å². The average molecular weight is 240 g/mol. The third-order valence-corrected chi connectivity index (χ3v) is 2.50. The summed E-state index contributed by atoms with van der Waals surface area (Å²) in [5.41, 5.74) is 5.37. The van der Waals surface area contributed by atoms with Crippen LogP contribution >= 0.6 is 0 Å². The number of carbonyl (C=O) groups excluding carboxylic acids is 1. The Balaban J connectivity index is 2.17. The number of nitriles is 1. The van der Waals surface area contributed by atoms with Gasteiger partial charge in [0.2, 0.25) is 0 Å². The summed E-state index contributed by atoms with van der Waals surface area (Å²) in [5.74, 6) is -0.412. The first-order valence-electron chi connectivity index (χ1n) is 5.47. The lowest BCUT2D eigenvalue weighted by molar-refractivity contribution is -0.120. The Morgan fingerprint density at radius 2 is 2.44 bits per heavy atom. The van der Waals surface area contributed by atoms with Gasteiger partial charge >= 0.3 is 0 Å². The fourth-order valence-electron chi connectivity index (χ4n) is 1.65. The second-order valence-electron chi connectivity index (χ2n) is 3.92. The number of fused-ring (bicyclic) bond motifs is 1. The smallest absolute Gasteiger partial charge is 0.254 e. The molecular weight excluding hydrogens is 228 g/mol. The molecule has 2 rings (SSSR count). The van der Waals surface area contributed by atoms with Crippen LogP contribution in [0.3, 0.4) is 0 Å². The highest BCUT2D eigenvalue weighted by Crippen LogP contribution is 2.17. The van der Waals surface area contributed by atoms with E-state index in [0.717, 1.165) is 22.0 Å². The van der Waals surface area contributed by atoms with E-state index in [1.165, 1.54) is 0 Å². The predicted octanol–water partition coefficient (Wildman–Crippen LogP) is 1.84. The first-order valence-corrected chi connectivity index (χ1v) is 5.47. The Hall–Kier alpha value is -2.61. The van der Waals surface area contributed by atoms with Gasteiger partial charge in [-0.3, -0.25) is 4.79 Å². The second kappa shape index (κ2) is 5.15. The highest BCUT2D eigenvalue weighted by molar-refractivity contribution is 5.99. The van der Waals surface area contributed by atoms with Crippen LogP contribution in [-0.4, -0.2) is 17.1 Å². The molecule has 1 aromatic carbocycles. The summed E-state index contributed by atoms with van der Waals surface area (Å²) < 4.78 is 0. The summed E-state index contributed by atoms with van der Waals surface area (Å²) in [4.78, 5) is 14.2. The fourth-order valence-corrected chi connectivity index (χ4v) is 1.65. The van der Waals surface area contributed by atoms with Crippen molar-refractivity contribution in [1.29, 1.82) is 5.26 Å². The van der Waals surface area contributed by atoms with Crippen LogP contribution in [0.1, 0.15) is 17.5 Å². The molecule has 18 heavy (non-hydrogen) atoms. The molecule has 0 radical (unpaired) electrons. The quantitative estimate of drug-likeness (QED) is 0.634. The largest absolute Gasteiger partial charge is 0.361 e. The SMILES string of the molecule is Cc1ccc2[nH]cc(/C=N/NC(=O)CC#N)c2c1. The normalized spacial score (nSPS) is 10.7. The molecule has 0 saturated carbocycles. The van der Waals surface area contributed by atoms with Crippen LogP contribution in [0.4, 0.5) is 0 Å². The molecule has 90 valence electrons. The van der Waals surface area contributed by atoms with Crippen molar-refractivity contribution in [2.75, 3.05) is 0 Å². The number of aryl methyl sites for hydroxylation is 1. The highest BCUT2D eigenvalue weighted by atomic mass is 16.2. The Kier molecular flexibility index (Phi) is 3.39. The molecule has 0 aliphatic carbocycles. The van der Waals surface area contributed by atoms with E-state index in [1.807, 2.05) is 31.3 Å². The average Bonchev–Trinajstić information content (AvgIpc) is 2.72. The molecule has 1 amide bonds. The summed E-state index contributed by atoms with van der Waals surface area (Å²) >= 11 is 0. The van der Waals surface area contributed by atoms with Crippen LogP contribution in [0.2, 0.25) is 0 Å². The number of H-pyrrole nitrogens is 1. The number of hydrazone groups is 1. The third-order valence-electron chi connectivity index (χ3n) is 2.50. The van der Waals surface area contributed by atoms with Crippen molar-refractivity contribution >= 4 is 23.0 Å². The lowest BCUT2D eigenvalue weighted by Crippen LogP contribution is -2.16. The zero-order chi connectivity index (χ0) is 13.0. The monoisotopic (exact) mass is 240 g/mol. The van der Waals surface area contributed by atoms with Crippen LogP contribution in [0, 0.1) is 18.3 Å². The van der Waals surface area contributed by atoms with E-state index in [0.29, 0.717) is 0 Å². The van der Waals surface area contributed by atoms with E-state index in [9.17, 15) is 4.79 Å². The number of benzene rings is 1. The number of rotatable bonds is 3. The number of aromatic nitrogens is 1. The van der Waals surface area contributed by atoms with Crippen molar-refractivity contribution in [3.63, 3.8) is 0 Å². The molecule has 2 N–H and O–H groups in total. The molecule has 0 aliphatic heterocycles. The van der Waals surface area contributed by atoms with Gasteiger partial charge in [0.15, 0.2) is 0 Å². The summed E-state index contributed by atoms with van der Waals surface area (Å²) in [6.45, 7) is 2.02. The van der Waals surface area contributed by atoms with Crippen LogP contribution in [-0.2, 0) is 4.79 Å². The van der Waals surface area contributed by atoms with E-state index < -0.39 is 5.91 Å². The van der Waals surface area contributed by atoms with Gasteiger partial charge in [-0.25, -0.2) is 5.43 Å². The zero-order valence-electron chi connectivity index (χ0n) is 9.90. The Bertz CT molecular complexity index is 649. The van der Waals surface area contributed by atoms with E-state index in [-0.39, 0.29) is 6.42 Å². The maximum Gasteiger partial charge on any atom is 0.254 e. The number of amides is 1. The summed E-state index contributed by atoms with van der Waals surface area (Å²) in [6, 6.07) is 7.82. The van der Waals surface area contributed by atoms with Gasteiger partial charge in [-0.1, -0.05) is 11.6 Å². The number of hydrogen-bond donors (Lipinski definition) is 2. The highest BCUT2D eigenvalue weighted by Gasteiger charge is 2.01. The molecule has 0 aliphatic rings. The van der Waals surface area contributed by atoms with Crippen molar-refractivity contribution in [3.8, 4) is 6.07 Å². The lowest BCUT2D eigenvalue weighted by Gasteiger charge is -1.95. The Morgan fingerprint density at radius 1 is 1.61 bits per heavy atom. The molecule has 0 bridgehead atoms. The summed E-state index contributed by atoms with van der Waals surface area (Å²) in [7, 11) is 0. The van der Waals surface area contributed by atoms with Crippen molar-refractivity contribution in [2.45, 2.75) is 13.3 Å². The third kappa shape index (κ3) is 2.55. The fraction of sp³-hybridized carbons (Fsp3) is 0.154. The number of aromatic amines is 1. The van der Waals surface area contributed by atoms with Crippen molar-refractivity contribution in [3.05, 3.63) is 35.5 Å². The molecule has 0 unspecified atom stereocenters. The minimum Gasteiger partial charge on any atom is -0.361 e. The number of nitrogens with zero attached hydrogens (tertiary/aromatic N) is 2. The van der Waals surface area contributed by atoms with Gasteiger partial charge in [-0.15, -0.1) is 0 Å². The molecule has 1 heterocycles. The van der Waals surface area contributed by atoms with Crippen molar-refractivity contribution in [1.82, 2.24) is 10.4 Å². The van der Waals surface area contributed by atoms with Gasteiger partial charge in [0, 0.05) is 22.7 Å². The van der Waals surface area contributed by atoms with E-state index >= 15 is 0 Å². The number of carbonyl (C=O) groups is 1. The minimum atomic E-state index is -0.412. The van der Waals surface area contributed by atoms with Crippen LogP contribution in [0.25, 0.3) is 10.9 Å². The molecule has 5 nitrogen and oxygen atoms in total. The second-order valence-corrected chi connectivity index (χ2v) is 3.92. The zero-order valence-corrected chi connectivity index (χ0v) is 9.90. The van der Waals surface area contributed by atoms with Gasteiger partial charge in [0.25, 0.3) is 5.91 Å². The number of nitrogens with one attached hydrogen (secondary N) is 2. The maximum absolute atomic E-state index is 11.0. The number of hydrogen-bond acceptors (Lipinski definition) is 3. The molecule has 2 aromatic rings. The first kappa shape index (κ1) is 11.9. The first-order chi connectivity index (χ1) is 8.70. The van der Waals surface area contributed by atoms with Gasteiger partial charge in [-0.2, -0.15) is 10.4 Å². The molecule has 1 aromatic heterocycles. The van der Waals surface area contributed by atoms with Gasteiger partial charge in [0.05, 0.1) is 12.3 Å². The van der Waals surface area contributed by atoms with E-state index in [1.54, 1.807) is 12.3 Å². The Morgan fingerprint density at radius 3 is 3.22 bits per heavy atom. The standard InChI is InChI=1S/C13H12N4O/c1-9-2-3-12-11(6-9)10(7-15-12)8-16-17-13(18)4-5-14/h2-3,6-8,15H,4H2,1H3,(H,17,18)/b16-8+. The summed E-state index contributed by atoms with van der Waals surface area (Å²) in [5, 5.41) is 13.2. The topological polar surface area (TPSA) is 81.0 Å². The molecule has 0 spiro atoms. The Labute approximate surface area is 104 Å². The predicted molar refractivity (Wildman–Crippen MR) is 69.0 cm³/mol. The van der Waals surface area contributed by atoms with Gasteiger partial charge < -0.3 is 4.98 Å². The van der Waals surface area contributed by atoms with Crippen LogP contribution in [0.15, 0.2) is 29.5 Å². The van der Waals surface area contributed by atoms with Gasteiger partial charge in [-0.05, 0) is 19.1 Å². The van der Waals surface area contributed by atoms with E-state index in [4.69, 9.17) is 5.26 Å². The molecule has 5 heteroatoms. The minimum absolute atomic E-state index is 0.190. The molecular formula is C13H12N4O. The summed E-state index contributed by atoms with van der Waals surface area (Å²) in [6.07, 6.45) is 3.20. The molecule has 0 saturated heterocycles. The van der Waals surface area contributed by atoms with E-state index in [2.05, 4.69) is 15.5 Å². The van der Waals surface area contributed by atoms with Crippen LogP contribution in [0.5, 0.6) is 0 Å². The van der Waals surface area contributed by atoms with Gasteiger partial charge in [0.1, 0.15) is 6.42 Å². The molecule has 0 fully saturated rings. The maximum atomic E-state index is 11.0. The molecule has 0 atom stereocenters. The lowest BCUT2D eigenvalue weighted by atomic mass is 10.1. The van der Waals surface area contributed by atoms with Crippen molar-refractivity contribution in [2.24, 2.45) is 5.10 Å².